The van der Waals surface area contributed by atoms with Gasteiger partial charge in [-0.25, -0.2) is 13.4 Å². The highest BCUT2D eigenvalue weighted by Crippen LogP contribution is 2.19. The molecule has 6 nitrogen and oxygen atoms in total. The van der Waals surface area contributed by atoms with Crippen molar-refractivity contribution < 1.29 is 13.2 Å². The van der Waals surface area contributed by atoms with Gasteiger partial charge in [-0.05, 0) is 36.4 Å². The maximum absolute atomic E-state index is 11.9. The molecule has 0 aliphatic rings. The van der Waals surface area contributed by atoms with Crippen molar-refractivity contribution in [3.8, 4) is 5.75 Å². The van der Waals surface area contributed by atoms with Gasteiger partial charge in [0.25, 0.3) is 0 Å². The van der Waals surface area contributed by atoms with Gasteiger partial charge in [-0.3, -0.25) is 4.72 Å². The second-order valence-corrected chi connectivity index (χ2v) is 6.38. The summed E-state index contributed by atoms with van der Waals surface area (Å²) in [6.45, 7) is 0.0110. The van der Waals surface area contributed by atoms with E-state index in [2.05, 4.69) is 9.71 Å². The Kier molecular flexibility index (Phi) is 4.87. The van der Waals surface area contributed by atoms with Crippen LogP contribution >= 0.6 is 11.6 Å². The summed E-state index contributed by atoms with van der Waals surface area (Å²) in [4.78, 5) is 3.79. The van der Waals surface area contributed by atoms with Crippen molar-refractivity contribution in [2.75, 3.05) is 22.8 Å². The summed E-state index contributed by atoms with van der Waals surface area (Å²) in [5.41, 5.74) is 6.40. The molecule has 0 aliphatic heterocycles. The van der Waals surface area contributed by atoms with E-state index in [1.54, 1.807) is 30.3 Å². The molecule has 0 fully saturated rings. The van der Waals surface area contributed by atoms with Gasteiger partial charge in [0.05, 0.1) is 5.69 Å². The zero-order valence-corrected chi connectivity index (χ0v) is 12.6. The van der Waals surface area contributed by atoms with Crippen LogP contribution in [0.5, 0.6) is 5.75 Å². The van der Waals surface area contributed by atoms with Gasteiger partial charge in [-0.1, -0.05) is 11.6 Å². The molecular formula is C13H14ClN3O3S. The third-order valence-electron chi connectivity index (χ3n) is 2.53. The Morgan fingerprint density at radius 3 is 2.62 bits per heavy atom. The van der Waals surface area contributed by atoms with Gasteiger partial charge in [0, 0.05) is 11.9 Å². The van der Waals surface area contributed by atoms with Gasteiger partial charge in [-0.15, -0.1) is 0 Å². The molecule has 1 heterocycles. The van der Waals surface area contributed by atoms with E-state index in [0.717, 1.165) is 0 Å². The average Bonchev–Trinajstić information content (AvgIpc) is 2.43. The number of sulfonamides is 1. The molecule has 2 rings (SSSR count). The summed E-state index contributed by atoms with van der Waals surface area (Å²) in [5.74, 6) is 0.349. The van der Waals surface area contributed by atoms with Crippen LogP contribution in [0.4, 0.5) is 11.4 Å². The number of pyridine rings is 1. The van der Waals surface area contributed by atoms with Gasteiger partial charge in [-0.2, -0.15) is 0 Å². The highest BCUT2D eigenvalue weighted by Gasteiger charge is 2.13. The molecule has 0 saturated carbocycles. The summed E-state index contributed by atoms with van der Waals surface area (Å²) in [5, 5.41) is 0.0977. The Bertz CT molecular complexity index is 705. The third-order valence-corrected chi connectivity index (χ3v) is 4.06. The topological polar surface area (TPSA) is 94.3 Å². The highest BCUT2D eigenvalue weighted by molar-refractivity contribution is 7.92. The van der Waals surface area contributed by atoms with Crippen LogP contribution in [0.1, 0.15) is 0 Å². The molecule has 0 bridgehead atoms. The first-order valence-electron chi connectivity index (χ1n) is 6.06. The van der Waals surface area contributed by atoms with E-state index < -0.39 is 10.0 Å². The number of halogens is 1. The van der Waals surface area contributed by atoms with Crippen molar-refractivity contribution in [3.05, 3.63) is 47.7 Å². The molecule has 0 spiro atoms. The van der Waals surface area contributed by atoms with Crippen molar-refractivity contribution in [1.29, 1.82) is 0 Å². The Labute approximate surface area is 128 Å². The maximum Gasteiger partial charge on any atom is 0.236 e. The molecule has 8 heteroatoms. The lowest BCUT2D eigenvalue weighted by atomic mass is 10.3. The Hall–Kier alpha value is -1.99. The lowest BCUT2D eigenvalue weighted by Crippen LogP contribution is -2.21. The monoisotopic (exact) mass is 327 g/mol. The molecule has 1 aromatic carbocycles. The van der Waals surface area contributed by atoms with Crippen LogP contribution in [0.25, 0.3) is 0 Å². The van der Waals surface area contributed by atoms with Gasteiger partial charge >= 0.3 is 0 Å². The molecule has 0 aliphatic carbocycles. The Balaban J connectivity index is 1.90. The van der Waals surface area contributed by atoms with Gasteiger partial charge < -0.3 is 10.5 Å². The summed E-state index contributed by atoms with van der Waals surface area (Å²) in [6, 6.07) is 9.83. The fourth-order valence-corrected chi connectivity index (χ4v) is 2.64. The van der Waals surface area contributed by atoms with Crippen molar-refractivity contribution in [2.45, 2.75) is 0 Å². The molecular weight excluding hydrogens is 314 g/mol. The van der Waals surface area contributed by atoms with Crippen LogP contribution in [0, 0.1) is 0 Å². The Morgan fingerprint density at radius 2 is 1.95 bits per heavy atom. The normalized spacial score (nSPS) is 11.1. The van der Waals surface area contributed by atoms with Gasteiger partial charge in [0.2, 0.25) is 10.0 Å². The molecule has 0 unspecified atom stereocenters. The molecule has 0 saturated heterocycles. The van der Waals surface area contributed by atoms with Crippen LogP contribution in [-0.4, -0.2) is 25.8 Å². The summed E-state index contributed by atoms with van der Waals surface area (Å²) < 4.78 is 31.5. The molecule has 0 radical (unpaired) electrons. The number of rotatable bonds is 6. The summed E-state index contributed by atoms with van der Waals surface area (Å²) >= 11 is 5.79. The minimum Gasteiger partial charge on any atom is -0.492 e. The molecule has 2 aromatic rings. The third kappa shape index (κ3) is 4.80. The maximum atomic E-state index is 11.9. The number of nitrogens with one attached hydrogen (secondary N) is 1. The minimum atomic E-state index is -3.56. The van der Waals surface area contributed by atoms with Crippen molar-refractivity contribution >= 4 is 33.0 Å². The molecule has 112 valence electrons. The standard InChI is InChI=1S/C13H14ClN3O3S/c14-13-12(2-1-7-16-13)17-21(18,19)9-8-20-11-5-3-10(15)4-6-11/h1-7,17H,8-9,15H2. The van der Waals surface area contributed by atoms with Gasteiger partial charge in [0.15, 0.2) is 5.15 Å². The summed E-state index contributed by atoms with van der Waals surface area (Å²) in [6.07, 6.45) is 1.48. The van der Waals surface area contributed by atoms with E-state index in [-0.39, 0.29) is 23.2 Å². The zero-order valence-electron chi connectivity index (χ0n) is 11.0. The van der Waals surface area contributed by atoms with E-state index in [9.17, 15) is 8.42 Å². The van der Waals surface area contributed by atoms with Crippen LogP contribution in [0.15, 0.2) is 42.6 Å². The lowest BCUT2D eigenvalue weighted by Gasteiger charge is -2.10. The smallest absolute Gasteiger partial charge is 0.236 e. The van der Waals surface area contributed by atoms with Crippen molar-refractivity contribution in [2.24, 2.45) is 0 Å². The number of benzene rings is 1. The number of nitrogens with two attached hydrogens (primary N) is 1. The van der Waals surface area contributed by atoms with Crippen LogP contribution in [0.2, 0.25) is 5.15 Å². The molecule has 1 aromatic heterocycles. The van der Waals surface area contributed by atoms with Crippen molar-refractivity contribution in [3.63, 3.8) is 0 Å². The predicted octanol–water partition coefficient (Wildman–Crippen LogP) is 2.14. The largest absolute Gasteiger partial charge is 0.492 e. The molecule has 21 heavy (non-hydrogen) atoms. The van der Waals surface area contributed by atoms with Crippen LogP contribution in [0.3, 0.4) is 0 Å². The first-order valence-corrected chi connectivity index (χ1v) is 8.09. The number of hydrogen-bond donors (Lipinski definition) is 2. The second kappa shape index (κ2) is 6.64. The fraction of sp³-hybridized carbons (Fsp3) is 0.154. The van der Waals surface area contributed by atoms with E-state index in [4.69, 9.17) is 22.1 Å². The van der Waals surface area contributed by atoms with E-state index in [1.165, 1.54) is 12.3 Å². The van der Waals surface area contributed by atoms with E-state index in [1.807, 2.05) is 0 Å². The van der Waals surface area contributed by atoms with Crippen molar-refractivity contribution in [1.82, 2.24) is 4.98 Å². The number of nitrogen functional groups attached to an aromatic ring is 1. The first-order chi connectivity index (χ1) is 9.96. The molecule has 0 amide bonds. The van der Waals surface area contributed by atoms with E-state index >= 15 is 0 Å². The van der Waals surface area contributed by atoms with Gasteiger partial charge in [0.1, 0.15) is 18.1 Å². The second-order valence-electron chi connectivity index (χ2n) is 4.18. The molecule has 0 atom stereocenters. The van der Waals surface area contributed by atoms with E-state index in [0.29, 0.717) is 11.4 Å². The number of aromatic nitrogens is 1. The number of nitrogens with zero attached hydrogens (tertiary/aromatic N) is 1. The molecule has 3 N–H and O–H groups in total. The fourth-order valence-electron chi connectivity index (χ4n) is 1.51. The average molecular weight is 328 g/mol. The lowest BCUT2D eigenvalue weighted by molar-refractivity contribution is 0.341. The number of ether oxygens (including phenoxy) is 1. The Morgan fingerprint density at radius 1 is 1.24 bits per heavy atom. The first kappa shape index (κ1) is 15.4. The number of hydrogen-bond acceptors (Lipinski definition) is 5. The van der Waals surface area contributed by atoms with Crippen LogP contribution < -0.4 is 15.2 Å². The quantitative estimate of drug-likeness (QED) is 0.626. The number of anilines is 2. The minimum absolute atomic E-state index is 0.0110. The zero-order chi connectivity index (χ0) is 15.3. The van der Waals surface area contributed by atoms with Crippen LogP contribution in [-0.2, 0) is 10.0 Å². The predicted molar refractivity (Wildman–Crippen MR) is 83.0 cm³/mol. The summed E-state index contributed by atoms with van der Waals surface area (Å²) in [7, 11) is -3.56. The SMILES string of the molecule is Nc1ccc(OCCS(=O)(=O)Nc2cccnc2Cl)cc1. The highest BCUT2D eigenvalue weighted by atomic mass is 35.5.